The van der Waals surface area contributed by atoms with E-state index in [-0.39, 0.29) is 0 Å². The third-order valence-electron chi connectivity index (χ3n) is 3.04. The molecule has 5 heteroatoms. The van der Waals surface area contributed by atoms with Gasteiger partial charge in [-0.15, -0.1) is 0 Å². The minimum atomic E-state index is 0.828. The van der Waals surface area contributed by atoms with Gasteiger partial charge in [0.25, 0.3) is 0 Å². The molecule has 0 unspecified atom stereocenters. The fraction of sp³-hybridized carbons (Fsp3) is 0.538. The molecule has 0 aliphatic rings. The summed E-state index contributed by atoms with van der Waals surface area (Å²) < 4.78 is 3.91. The number of hydrogen-bond donors (Lipinski definition) is 1. The normalized spacial score (nSPS) is 11.1. The third kappa shape index (κ3) is 2.98. The Hall–Kier alpha value is -1.62. The van der Waals surface area contributed by atoms with Crippen molar-refractivity contribution < 1.29 is 0 Å². The van der Waals surface area contributed by atoms with Crippen molar-refractivity contribution >= 4 is 0 Å². The molecule has 2 rings (SSSR count). The molecule has 0 atom stereocenters. The van der Waals surface area contributed by atoms with Crippen LogP contribution in [-0.2, 0) is 26.7 Å². The van der Waals surface area contributed by atoms with Crippen LogP contribution in [0.1, 0.15) is 30.3 Å². The molecule has 0 spiro atoms. The Balaban J connectivity index is 1.88. The maximum Gasteiger partial charge on any atom is 0.0638 e. The fourth-order valence-corrected chi connectivity index (χ4v) is 1.98. The summed E-state index contributed by atoms with van der Waals surface area (Å²) >= 11 is 0. The van der Waals surface area contributed by atoms with Crippen molar-refractivity contribution in [1.82, 2.24) is 24.9 Å². The minimum Gasteiger partial charge on any atom is -0.307 e. The molecule has 0 saturated carbocycles. The first kappa shape index (κ1) is 12.8. The lowest BCUT2D eigenvalue weighted by molar-refractivity contribution is 0.596. The zero-order valence-corrected chi connectivity index (χ0v) is 11.3. The van der Waals surface area contributed by atoms with Crippen LogP contribution in [-0.4, -0.2) is 19.6 Å². The van der Waals surface area contributed by atoms with Gasteiger partial charge in [0.05, 0.1) is 11.4 Å². The van der Waals surface area contributed by atoms with Crippen LogP contribution in [0.25, 0.3) is 0 Å². The molecule has 5 nitrogen and oxygen atoms in total. The quantitative estimate of drug-likeness (QED) is 0.844. The first-order chi connectivity index (χ1) is 8.70. The van der Waals surface area contributed by atoms with E-state index in [9.17, 15) is 0 Å². The van der Waals surface area contributed by atoms with Crippen LogP contribution in [0.4, 0.5) is 0 Å². The maximum atomic E-state index is 4.49. The number of nitrogens with one attached hydrogen (secondary N) is 1. The summed E-state index contributed by atoms with van der Waals surface area (Å²) in [6, 6.07) is 2.03. The summed E-state index contributed by atoms with van der Waals surface area (Å²) in [5, 5.41) is 12.1. The van der Waals surface area contributed by atoms with E-state index in [2.05, 4.69) is 35.6 Å². The van der Waals surface area contributed by atoms with Crippen LogP contribution >= 0.6 is 0 Å². The average Bonchev–Trinajstić information content (AvgIpc) is 2.88. The van der Waals surface area contributed by atoms with E-state index >= 15 is 0 Å². The number of aromatic nitrogens is 4. The zero-order chi connectivity index (χ0) is 13.0. The number of hydrogen-bond acceptors (Lipinski definition) is 3. The van der Waals surface area contributed by atoms with E-state index in [0.717, 1.165) is 31.7 Å². The molecule has 18 heavy (non-hydrogen) atoms. The van der Waals surface area contributed by atoms with Crippen LogP contribution in [0.2, 0.25) is 0 Å². The molecule has 0 bridgehead atoms. The molecule has 0 amide bonds. The number of nitrogens with zero attached hydrogens (tertiary/aromatic N) is 4. The first-order valence-corrected chi connectivity index (χ1v) is 6.41. The number of rotatable bonds is 6. The van der Waals surface area contributed by atoms with Crippen molar-refractivity contribution in [1.29, 1.82) is 0 Å². The predicted octanol–water partition coefficient (Wildman–Crippen LogP) is 1.62. The van der Waals surface area contributed by atoms with E-state index in [4.69, 9.17) is 0 Å². The van der Waals surface area contributed by atoms with E-state index < -0.39 is 0 Å². The molecule has 98 valence electrons. The molecule has 2 heterocycles. The SMILES string of the molecule is CCCn1cc(CNCc2ccnn2C)c(C)n1. The smallest absolute Gasteiger partial charge is 0.0638 e. The molecular formula is C13H21N5. The van der Waals surface area contributed by atoms with Gasteiger partial charge >= 0.3 is 0 Å². The highest BCUT2D eigenvalue weighted by molar-refractivity contribution is 5.15. The van der Waals surface area contributed by atoms with Crippen LogP contribution in [0.5, 0.6) is 0 Å². The Morgan fingerprint density at radius 3 is 2.83 bits per heavy atom. The van der Waals surface area contributed by atoms with Gasteiger partial charge in [0.2, 0.25) is 0 Å². The lowest BCUT2D eigenvalue weighted by Crippen LogP contribution is -2.15. The summed E-state index contributed by atoms with van der Waals surface area (Å²) in [6.45, 7) is 6.89. The summed E-state index contributed by atoms with van der Waals surface area (Å²) in [5.41, 5.74) is 3.57. The largest absolute Gasteiger partial charge is 0.307 e. The van der Waals surface area contributed by atoms with Crippen molar-refractivity contribution in [3.05, 3.63) is 35.4 Å². The van der Waals surface area contributed by atoms with Crippen molar-refractivity contribution in [2.45, 2.75) is 39.9 Å². The van der Waals surface area contributed by atoms with Gasteiger partial charge in [0.15, 0.2) is 0 Å². The summed E-state index contributed by atoms with van der Waals surface area (Å²) in [7, 11) is 1.96. The van der Waals surface area contributed by atoms with Crippen molar-refractivity contribution in [2.24, 2.45) is 7.05 Å². The van der Waals surface area contributed by atoms with Crippen LogP contribution in [0.15, 0.2) is 18.5 Å². The highest BCUT2D eigenvalue weighted by Gasteiger charge is 2.04. The van der Waals surface area contributed by atoms with Crippen molar-refractivity contribution in [3.63, 3.8) is 0 Å². The second kappa shape index (κ2) is 5.82. The van der Waals surface area contributed by atoms with Crippen molar-refractivity contribution in [2.75, 3.05) is 0 Å². The predicted molar refractivity (Wildman–Crippen MR) is 71.0 cm³/mol. The van der Waals surface area contributed by atoms with Gasteiger partial charge in [0.1, 0.15) is 0 Å². The fourth-order valence-electron chi connectivity index (χ4n) is 1.98. The summed E-state index contributed by atoms with van der Waals surface area (Å²) in [4.78, 5) is 0. The molecule has 1 N–H and O–H groups in total. The third-order valence-corrected chi connectivity index (χ3v) is 3.04. The average molecular weight is 247 g/mol. The molecule has 0 fully saturated rings. The van der Waals surface area contributed by atoms with E-state index in [0.29, 0.717) is 0 Å². The standard InChI is InChI=1S/C13H21N5/c1-4-7-18-10-12(11(2)16-18)8-14-9-13-5-6-15-17(13)3/h5-6,10,14H,4,7-9H2,1-3H3. The Morgan fingerprint density at radius 2 is 2.17 bits per heavy atom. The monoisotopic (exact) mass is 247 g/mol. The van der Waals surface area contributed by atoms with Crippen LogP contribution in [0.3, 0.4) is 0 Å². The van der Waals surface area contributed by atoms with Gasteiger partial charge in [0, 0.05) is 44.6 Å². The molecule has 0 radical (unpaired) electrons. The lowest BCUT2D eigenvalue weighted by Gasteiger charge is -2.04. The highest BCUT2D eigenvalue weighted by atomic mass is 15.3. The number of aryl methyl sites for hydroxylation is 3. The Bertz CT molecular complexity index is 497. The molecule has 0 aliphatic heterocycles. The molecule has 2 aromatic rings. The molecule has 2 aromatic heterocycles. The topological polar surface area (TPSA) is 47.7 Å². The second-order valence-corrected chi connectivity index (χ2v) is 4.55. The minimum absolute atomic E-state index is 0.828. The maximum absolute atomic E-state index is 4.49. The van der Waals surface area contributed by atoms with Gasteiger partial charge in [-0.1, -0.05) is 6.92 Å². The van der Waals surface area contributed by atoms with E-state index in [1.165, 1.54) is 11.3 Å². The Morgan fingerprint density at radius 1 is 1.33 bits per heavy atom. The van der Waals surface area contributed by atoms with Crippen LogP contribution in [0, 0.1) is 6.92 Å². The molecule has 0 aliphatic carbocycles. The molecule has 0 aromatic carbocycles. The zero-order valence-electron chi connectivity index (χ0n) is 11.3. The van der Waals surface area contributed by atoms with Crippen molar-refractivity contribution in [3.8, 4) is 0 Å². The lowest BCUT2D eigenvalue weighted by atomic mass is 10.2. The van der Waals surface area contributed by atoms with Gasteiger partial charge in [-0.05, 0) is 19.4 Å². The van der Waals surface area contributed by atoms with Gasteiger partial charge in [-0.25, -0.2) is 0 Å². The van der Waals surface area contributed by atoms with Crippen LogP contribution < -0.4 is 5.32 Å². The summed E-state index contributed by atoms with van der Waals surface area (Å²) in [6.07, 6.45) is 5.07. The molecular weight excluding hydrogens is 226 g/mol. The van der Waals surface area contributed by atoms with Gasteiger partial charge in [-0.3, -0.25) is 9.36 Å². The van der Waals surface area contributed by atoms with E-state index in [1.807, 2.05) is 28.7 Å². The Kier molecular flexibility index (Phi) is 4.15. The van der Waals surface area contributed by atoms with E-state index in [1.54, 1.807) is 0 Å². The summed E-state index contributed by atoms with van der Waals surface area (Å²) in [5.74, 6) is 0. The highest BCUT2D eigenvalue weighted by Crippen LogP contribution is 2.06. The molecule has 0 saturated heterocycles. The first-order valence-electron chi connectivity index (χ1n) is 6.41. The van der Waals surface area contributed by atoms with Gasteiger partial charge in [-0.2, -0.15) is 10.2 Å². The Labute approximate surface area is 108 Å². The second-order valence-electron chi connectivity index (χ2n) is 4.55. The van der Waals surface area contributed by atoms with Gasteiger partial charge < -0.3 is 5.32 Å².